The van der Waals surface area contributed by atoms with Crippen LogP contribution >= 0.6 is 11.6 Å². The number of halogens is 1. The van der Waals surface area contributed by atoms with Gasteiger partial charge in [-0.15, -0.1) is 0 Å². The lowest BCUT2D eigenvalue weighted by atomic mass is 9.90. The third kappa shape index (κ3) is 2.57. The summed E-state index contributed by atoms with van der Waals surface area (Å²) in [5.74, 6) is 0. The van der Waals surface area contributed by atoms with Crippen LogP contribution < -0.4 is 10.6 Å². The molecule has 1 atom stereocenters. The first-order valence-electron chi connectivity index (χ1n) is 5.95. The summed E-state index contributed by atoms with van der Waals surface area (Å²) in [7, 11) is 0. The zero-order chi connectivity index (χ0) is 12.5. The normalized spacial score (nSPS) is 25.1. The molecule has 4 heteroatoms. The van der Waals surface area contributed by atoms with Gasteiger partial charge in [-0.2, -0.15) is 0 Å². The van der Waals surface area contributed by atoms with Gasteiger partial charge in [0, 0.05) is 23.8 Å². The van der Waals surface area contributed by atoms with Gasteiger partial charge in [0.1, 0.15) is 0 Å². The van der Waals surface area contributed by atoms with E-state index >= 15 is 0 Å². The molecular weight excluding hydrogens is 236 g/mol. The number of nitrogens with two attached hydrogens (primary N) is 1. The predicted molar refractivity (Wildman–Crippen MR) is 71.6 cm³/mol. The van der Waals surface area contributed by atoms with Crippen molar-refractivity contribution in [1.82, 2.24) is 0 Å². The number of benzene rings is 1. The van der Waals surface area contributed by atoms with Crippen LogP contribution in [0.25, 0.3) is 0 Å². The molecule has 1 heterocycles. The van der Waals surface area contributed by atoms with Crippen molar-refractivity contribution < 1.29 is 5.11 Å². The molecule has 17 heavy (non-hydrogen) atoms. The highest BCUT2D eigenvalue weighted by Gasteiger charge is 2.31. The van der Waals surface area contributed by atoms with Crippen molar-refractivity contribution in [2.45, 2.75) is 25.3 Å². The Kier molecular flexibility index (Phi) is 3.61. The zero-order valence-corrected chi connectivity index (χ0v) is 10.9. The van der Waals surface area contributed by atoms with E-state index in [0.717, 1.165) is 35.7 Å². The van der Waals surface area contributed by atoms with Gasteiger partial charge in [0.05, 0.1) is 12.1 Å². The molecule has 1 aromatic carbocycles. The summed E-state index contributed by atoms with van der Waals surface area (Å²) < 4.78 is 0. The van der Waals surface area contributed by atoms with E-state index < -0.39 is 5.54 Å². The molecule has 2 rings (SSSR count). The van der Waals surface area contributed by atoms with E-state index in [2.05, 4.69) is 11.0 Å². The van der Waals surface area contributed by atoms with E-state index in [-0.39, 0.29) is 6.61 Å². The lowest BCUT2D eigenvalue weighted by Crippen LogP contribution is -2.56. The molecule has 0 aliphatic carbocycles. The molecule has 1 saturated heterocycles. The number of aliphatic hydroxyl groups is 1. The Hall–Kier alpha value is -0.770. The van der Waals surface area contributed by atoms with E-state index in [1.807, 2.05) is 19.1 Å². The van der Waals surface area contributed by atoms with Crippen molar-refractivity contribution in [3.8, 4) is 0 Å². The van der Waals surface area contributed by atoms with Crippen molar-refractivity contribution in [2.75, 3.05) is 24.6 Å². The first-order chi connectivity index (χ1) is 8.06. The number of nitrogens with zero attached hydrogens (tertiary/aromatic N) is 1. The minimum atomic E-state index is -0.479. The van der Waals surface area contributed by atoms with Crippen LogP contribution in [0.5, 0.6) is 0 Å². The summed E-state index contributed by atoms with van der Waals surface area (Å²) in [6.45, 7) is 3.71. The molecule has 0 radical (unpaired) electrons. The lowest BCUT2D eigenvalue weighted by Gasteiger charge is -2.41. The molecule has 1 aromatic rings. The Morgan fingerprint density at radius 1 is 1.53 bits per heavy atom. The Labute approximate surface area is 107 Å². The van der Waals surface area contributed by atoms with E-state index in [4.69, 9.17) is 17.3 Å². The minimum Gasteiger partial charge on any atom is -0.394 e. The summed E-state index contributed by atoms with van der Waals surface area (Å²) in [6, 6.07) is 5.91. The van der Waals surface area contributed by atoms with Gasteiger partial charge in [-0.3, -0.25) is 0 Å². The molecule has 0 aromatic heterocycles. The fourth-order valence-electron chi connectivity index (χ4n) is 2.43. The first-order valence-corrected chi connectivity index (χ1v) is 6.33. The van der Waals surface area contributed by atoms with Gasteiger partial charge in [0.25, 0.3) is 0 Å². The third-order valence-electron chi connectivity index (χ3n) is 3.50. The van der Waals surface area contributed by atoms with Crippen molar-refractivity contribution in [1.29, 1.82) is 0 Å². The molecule has 0 bridgehead atoms. The monoisotopic (exact) mass is 254 g/mol. The number of hydrogen-bond donors (Lipinski definition) is 2. The van der Waals surface area contributed by atoms with Crippen LogP contribution in [0.15, 0.2) is 18.2 Å². The second-order valence-electron chi connectivity index (χ2n) is 4.93. The minimum absolute atomic E-state index is 0.0309. The average Bonchev–Trinajstić information content (AvgIpc) is 2.33. The third-order valence-corrected chi connectivity index (χ3v) is 3.91. The Bertz CT molecular complexity index is 410. The molecule has 0 amide bonds. The van der Waals surface area contributed by atoms with Crippen LogP contribution in [0.2, 0.25) is 5.02 Å². The Morgan fingerprint density at radius 2 is 2.29 bits per heavy atom. The molecule has 3 N–H and O–H groups in total. The molecular formula is C13H19ClN2O. The summed E-state index contributed by atoms with van der Waals surface area (Å²) in [4.78, 5) is 2.22. The standard InChI is InChI=1S/C13H19ClN2O/c1-10-11(14)4-2-5-12(10)16-7-3-6-13(15,8-16)9-17/h2,4-5,17H,3,6-9,15H2,1H3. The predicted octanol–water partition coefficient (Wildman–Crippen LogP) is 1.94. The fourth-order valence-corrected chi connectivity index (χ4v) is 2.60. The summed E-state index contributed by atoms with van der Waals surface area (Å²) in [6.07, 6.45) is 1.88. The van der Waals surface area contributed by atoms with Crippen LogP contribution in [-0.4, -0.2) is 30.3 Å². The quantitative estimate of drug-likeness (QED) is 0.848. The average molecular weight is 255 g/mol. The highest BCUT2D eigenvalue weighted by atomic mass is 35.5. The number of anilines is 1. The molecule has 0 spiro atoms. The summed E-state index contributed by atoms with van der Waals surface area (Å²) in [5.41, 5.74) is 7.88. The molecule has 1 fully saturated rings. The fraction of sp³-hybridized carbons (Fsp3) is 0.538. The Balaban J connectivity index is 2.25. The van der Waals surface area contributed by atoms with E-state index in [0.29, 0.717) is 6.54 Å². The zero-order valence-electron chi connectivity index (χ0n) is 10.1. The van der Waals surface area contributed by atoms with Gasteiger partial charge in [-0.05, 0) is 37.5 Å². The van der Waals surface area contributed by atoms with Crippen molar-refractivity contribution in [3.63, 3.8) is 0 Å². The van der Waals surface area contributed by atoms with E-state index in [1.54, 1.807) is 0 Å². The van der Waals surface area contributed by atoms with Crippen LogP contribution in [0.1, 0.15) is 18.4 Å². The van der Waals surface area contributed by atoms with Crippen molar-refractivity contribution in [2.24, 2.45) is 5.73 Å². The smallest absolute Gasteiger partial charge is 0.0628 e. The SMILES string of the molecule is Cc1c(Cl)cccc1N1CCCC(N)(CO)C1. The van der Waals surface area contributed by atoms with Crippen LogP contribution in [-0.2, 0) is 0 Å². The van der Waals surface area contributed by atoms with Gasteiger partial charge in [-0.1, -0.05) is 17.7 Å². The molecule has 3 nitrogen and oxygen atoms in total. The summed E-state index contributed by atoms with van der Waals surface area (Å²) in [5, 5.41) is 10.1. The number of piperidine rings is 1. The molecule has 1 aliphatic heterocycles. The molecule has 1 unspecified atom stereocenters. The lowest BCUT2D eigenvalue weighted by molar-refractivity contribution is 0.177. The Morgan fingerprint density at radius 3 is 3.00 bits per heavy atom. The first kappa shape index (κ1) is 12.7. The van der Waals surface area contributed by atoms with Crippen molar-refractivity contribution >= 4 is 17.3 Å². The van der Waals surface area contributed by atoms with Crippen LogP contribution in [0.3, 0.4) is 0 Å². The maximum Gasteiger partial charge on any atom is 0.0628 e. The summed E-state index contributed by atoms with van der Waals surface area (Å²) >= 11 is 6.13. The molecule has 0 saturated carbocycles. The topological polar surface area (TPSA) is 49.5 Å². The maximum atomic E-state index is 9.36. The van der Waals surface area contributed by atoms with Gasteiger partial charge < -0.3 is 15.7 Å². The van der Waals surface area contributed by atoms with Crippen LogP contribution in [0.4, 0.5) is 5.69 Å². The second kappa shape index (κ2) is 4.84. The maximum absolute atomic E-state index is 9.36. The van der Waals surface area contributed by atoms with Gasteiger partial charge in [0.15, 0.2) is 0 Å². The van der Waals surface area contributed by atoms with E-state index in [1.165, 1.54) is 0 Å². The number of hydrogen-bond acceptors (Lipinski definition) is 3. The van der Waals surface area contributed by atoms with Gasteiger partial charge in [-0.25, -0.2) is 0 Å². The van der Waals surface area contributed by atoms with E-state index in [9.17, 15) is 5.11 Å². The van der Waals surface area contributed by atoms with Gasteiger partial charge >= 0.3 is 0 Å². The second-order valence-corrected chi connectivity index (χ2v) is 5.34. The molecule has 1 aliphatic rings. The number of aliphatic hydroxyl groups excluding tert-OH is 1. The largest absolute Gasteiger partial charge is 0.394 e. The highest BCUT2D eigenvalue weighted by molar-refractivity contribution is 6.31. The van der Waals surface area contributed by atoms with Crippen molar-refractivity contribution in [3.05, 3.63) is 28.8 Å². The highest BCUT2D eigenvalue weighted by Crippen LogP contribution is 2.30. The van der Waals surface area contributed by atoms with Crippen LogP contribution in [0, 0.1) is 6.92 Å². The van der Waals surface area contributed by atoms with Gasteiger partial charge in [0.2, 0.25) is 0 Å². The number of rotatable bonds is 2. The molecule has 94 valence electrons.